The van der Waals surface area contributed by atoms with Gasteiger partial charge in [-0.3, -0.25) is 20.4 Å². The van der Waals surface area contributed by atoms with Gasteiger partial charge >= 0.3 is 5.91 Å². The maximum atomic E-state index is 12.4. The molecule has 0 saturated carbocycles. The van der Waals surface area contributed by atoms with Gasteiger partial charge < -0.3 is 9.15 Å². The van der Waals surface area contributed by atoms with E-state index in [-0.39, 0.29) is 36.2 Å². The second kappa shape index (κ2) is 7.46. The van der Waals surface area contributed by atoms with Crippen molar-refractivity contribution in [2.75, 3.05) is 18.6 Å². The van der Waals surface area contributed by atoms with Crippen LogP contribution in [0.5, 0.6) is 0 Å². The van der Waals surface area contributed by atoms with E-state index in [0.29, 0.717) is 17.6 Å². The lowest BCUT2D eigenvalue weighted by Crippen LogP contribution is -2.42. The molecule has 9 heteroatoms. The Bertz CT molecular complexity index is 934. The van der Waals surface area contributed by atoms with Crippen LogP contribution >= 0.6 is 0 Å². The molecule has 2 heterocycles. The first kappa shape index (κ1) is 18.4. The number of benzene rings is 1. The van der Waals surface area contributed by atoms with Crippen LogP contribution in [-0.4, -0.2) is 38.8 Å². The largest absolute Gasteiger partial charge is 0.450 e. The van der Waals surface area contributed by atoms with E-state index in [1.807, 2.05) is 12.1 Å². The van der Waals surface area contributed by atoms with Crippen molar-refractivity contribution in [1.82, 2.24) is 10.9 Å². The SMILES string of the molecule is COCc1c(C(=O)NNC(=O)C[C@H]2CCS(=O)(=O)C2)oc2ccccc12. The summed E-state index contributed by atoms with van der Waals surface area (Å²) in [6.45, 7) is 0.188. The molecule has 26 heavy (non-hydrogen) atoms. The van der Waals surface area contributed by atoms with Crippen LogP contribution in [0.1, 0.15) is 29.0 Å². The van der Waals surface area contributed by atoms with Crippen LogP contribution in [0, 0.1) is 5.92 Å². The molecular formula is C17H20N2O6S. The van der Waals surface area contributed by atoms with Crippen molar-refractivity contribution in [3.8, 4) is 0 Å². The molecule has 1 fully saturated rings. The fourth-order valence-electron chi connectivity index (χ4n) is 3.10. The van der Waals surface area contributed by atoms with Gasteiger partial charge in [0.1, 0.15) is 5.58 Å². The molecule has 1 saturated heterocycles. The standard InChI is InChI=1S/C17H20N2O6S/c1-24-9-13-12-4-2-3-5-14(12)25-16(13)17(21)19-18-15(20)8-11-6-7-26(22,23)10-11/h2-5,11H,6-10H2,1H3,(H,18,20)(H,19,21)/t11-/m1/s1. The molecule has 8 nitrogen and oxygen atoms in total. The second-order valence-corrected chi connectivity index (χ2v) is 8.54. The number of carbonyl (C=O) groups is 2. The maximum Gasteiger partial charge on any atom is 0.305 e. The van der Waals surface area contributed by atoms with Gasteiger partial charge in [0.15, 0.2) is 15.6 Å². The van der Waals surface area contributed by atoms with Gasteiger partial charge in [0.25, 0.3) is 0 Å². The normalized spacial score (nSPS) is 18.7. The highest BCUT2D eigenvalue weighted by Gasteiger charge is 2.29. The number of para-hydroxylation sites is 1. The summed E-state index contributed by atoms with van der Waals surface area (Å²) in [4.78, 5) is 24.3. The molecule has 2 N–H and O–H groups in total. The van der Waals surface area contributed by atoms with Gasteiger partial charge in [-0.2, -0.15) is 0 Å². The summed E-state index contributed by atoms with van der Waals surface area (Å²) >= 11 is 0. The monoisotopic (exact) mass is 380 g/mol. The molecule has 2 aromatic rings. The van der Waals surface area contributed by atoms with Gasteiger partial charge in [0, 0.05) is 24.5 Å². The summed E-state index contributed by atoms with van der Waals surface area (Å²) in [5.41, 5.74) is 5.77. The molecule has 3 rings (SSSR count). The molecule has 1 aromatic carbocycles. The summed E-state index contributed by atoms with van der Waals surface area (Å²) in [6, 6.07) is 7.19. The van der Waals surface area contributed by atoms with E-state index < -0.39 is 21.7 Å². The first-order chi connectivity index (χ1) is 12.4. The van der Waals surface area contributed by atoms with Crippen LogP contribution < -0.4 is 10.9 Å². The van der Waals surface area contributed by atoms with Crippen molar-refractivity contribution < 1.29 is 27.2 Å². The lowest BCUT2D eigenvalue weighted by molar-refractivity contribution is -0.122. The highest BCUT2D eigenvalue weighted by atomic mass is 32.2. The maximum absolute atomic E-state index is 12.4. The minimum atomic E-state index is -3.04. The molecule has 1 atom stereocenters. The highest BCUT2D eigenvalue weighted by Crippen LogP contribution is 2.26. The molecule has 1 aliphatic heterocycles. The number of methoxy groups -OCH3 is 1. The van der Waals surface area contributed by atoms with E-state index in [2.05, 4.69) is 10.9 Å². The number of rotatable bonds is 5. The number of fused-ring (bicyclic) bond motifs is 1. The van der Waals surface area contributed by atoms with Crippen LogP contribution in [-0.2, 0) is 26.0 Å². The Labute approximate surface area is 150 Å². The van der Waals surface area contributed by atoms with Crippen molar-refractivity contribution in [2.24, 2.45) is 5.92 Å². The zero-order valence-corrected chi connectivity index (χ0v) is 15.1. The Morgan fingerprint density at radius 1 is 1.27 bits per heavy atom. The third kappa shape index (κ3) is 4.05. The number of hydrogen-bond donors (Lipinski definition) is 2. The number of furan rings is 1. The van der Waals surface area contributed by atoms with E-state index in [4.69, 9.17) is 9.15 Å². The van der Waals surface area contributed by atoms with Crippen LogP contribution in [0.3, 0.4) is 0 Å². The zero-order chi connectivity index (χ0) is 18.7. The van der Waals surface area contributed by atoms with E-state index in [0.717, 1.165) is 5.39 Å². The smallest absolute Gasteiger partial charge is 0.305 e. The van der Waals surface area contributed by atoms with E-state index >= 15 is 0 Å². The van der Waals surface area contributed by atoms with Gasteiger partial charge in [-0.15, -0.1) is 0 Å². The summed E-state index contributed by atoms with van der Waals surface area (Å²) in [5, 5.41) is 0.766. The molecule has 0 radical (unpaired) electrons. The van der Waals surface area contributed by atoms with Crippen LogP contribution in [0.15, 0.2) is 28.7 Å². The number of amides is 2. The molecule has 0 aliphatic carbocycles. The number of nitrogens with one attached hydrogen (secondary N) is 2. The lowest BCUT2D eigenvalue weighted by Gasteiger charge is -2.09. The predicted octanol–water partition coefficient (Wildman–Crippen LogP) is 1.17. The Morgan fingerprint density at radius 2 is 2.04 bits per heavy atom. The van der Waals surface area contributed by atoms with Crippen molar-refractivity contribution in [2.45, 2.75) is 19.4 Å². The number of ether oxygens (including phenoxy) is 1. The van der Waals surface area contributed by atoms with Crippen molar-refractivity contribution >= 4 is 32.6 Å². The molecule has 1 aromatic heterocycles. The van der Waals surface area contributed by atoms with Gasteiger partial charge in [-0.05, 0) is 18.4 Å². The van der Waals surface area contributed by atoms with E-state index in [9.17, 15) is 18.0 Å². The number of hydrogen-bond acceptors (Lipinski definition) is 6. The van der Waals surface area contributed by atoms with Gasteiger partial charge in [-0.1, -0.05) is 18.2 Å². The third-order valence-corrected chi connectivity index (χ3v) is 6.15. The zero-order valence-electron chi connectivity index (χ0n) is 14.3. The number of carbonyl (C=O) groups excluding carboxylic acids is 2. The average Bonchev–Trinajstić information content (AvgIpc) is 3.13. The van der Waals surface area contributed by atoms with E-state index in [1.165, 1.54) is 7.11 Å². The van der Waals surface area contributed by atoms with Crippen molar-refractivity contribution in [1.29, 1.82) is 0 Å². The molecule has 0 bridgehead atoms. The summed E-state index contributed by atoms with van der Waals surface area (Å²) < 4.78 is 33.6. The van der Waals surface area contributed by atoms with Crippen molar-refractivity contribution in [3.63, 3.8) is 0 Å². The number of hydrazine groups is 1. The van der Waals surface area contributed by atoms with Crippen LogP contribution in [0.4, 0.5) is 0 Å². The third-order valence-electron chi connectivity index (χ3n) is 4.31. The summed E-state index contributed by atoms with van der Waals surface area (Å²) in [6.07, 6.45) is 0.510. The quantitative estimate of drug-likeness (QED) is 0.753. The molecule has 140 valence electrons. The lowest BCUT2D eigenvalue weighted by atomic mass is 10.1. The molecule has 0 unspecified atom stereocenters. The Balaban J connectivity index is 1.64. The minimum absolute atomic E-state index is 0.00985. The van der Waals surface area contributed by atoms with Gasteiger partial charge in [-0.25, -0.2) is 8.42 Å². The minimum Gasteiger partial charge on any atom is -0.450 e. The fraction of sp³-hybridized carbons (Fsp3) is 0.412. The fourth-order valence-corrected chi connectivity index (χ4v) is 4.96. The molecule has 1 aliphatic rings. The van der Waals surface area contributed by atoms with Crippen molar-refractivity contribution in [3.05, 3.63) is 35.6 Å². The van der Waals surface area contributed by atoms with Crippen LogP contribution in [0.2, 0.25) is 0 Å². The average molecular weight is 380 g/mol. The number of sulfone groups is 1. The van der Waals surface area contributed by atoms with Gasteiger partial charge in [0.05, 0.1) is 18.1 Å². The van der Waals surface area contributed by atoms with Gasteiger partial charge in [0.2, 0.25) is 5.91 Å². The second-order valence-electron chi connectivity index (χ2n) is 6.31. The van der Waals surface area contributed by atoms with E-state index in [1.54, 1.807) is 12.1 Å². The summed E-state index contributed by atoms with van der Waals surface area (Å²) in [5.74, 6) is -1.07. The first-order valence-corrected chi connectivity index (χ1v) is 10.0. The molecule has 2 amide bonds. The Kier molecular flexibility index (Phi) is 5.28. The highest BCUT2D eigenvalue weighted by molar-refractivity contribution is 7.91. The summed E-state index contributed by atoms with van der Waals surface area (Å²) in [7, 11) is -1.52. The predicted molar refractivity (Wildman–Crippen MR) is 93.9 cm³/mol. The Morgan fingerprint density at radius 3 is 2.73 bits per heavy atom. The topological polar surface area (TPSA) is 115 Å². The molecule has 0 spiro atoms. The molecular weight excluding hydrogens is 360 g/mol. The first-order valence-electron chi connectivity index (χ1n) is 8.18. The van der Waals surface area contributed by atoms with Crippen LogP contribution in [0.25, 0.3) is 11.0 Å². The Hall–Kier alpha value is -2.39.